The molecule has 9 heteroatoms. The maximum Gasteiger partial charge on any atom is 0.343 e. The molecule has 0 aliphatic carbocycles. The summed E-state index contributed by atoms with van der Waals surface area (Å²) in [6.45, 7) is 5.19. The van der Waals surface area contributed by atoms with Crippen LogP contribution < -0.4 is 11.0 Å². The molecule has 7 nitrogen and oxygen atoms in total. The van der Waals surface area contributed by atoms with Crippen molar-refractivity contribution in [1.82, 2.24) is 24.7 Å². The van der Waals surface area contributed by atoms with Crippen LogP contribution in [0.3, 0.4) is 0 Å². The van der Waals surface area contributed by atoms with E-state index in [0.29, 0.717) is 24.2 Å². The lowest BCUT2D eigenvalue weighted by molar-refractivity contribution is 0.575. The molecule has 21 heavy (non-hydrogen) atoms. The van der Waals surface area contributed by atoms with Gasteiger partial charge in [0.2, 0.25) is 5.95 Å². The average molecular weight is 312 g/mol. The second-order valence-electron chi connectivity index (χ2n) is 4.34. The van der Waals surface area contributed by atoms with E-state index in [9.17, 15) is 9.18 Å². The minimum absolute atomic E-state index is 0.139. The largest absolute Gasteiger partial charge is 0.354 e. The predicted octanol–water partition coefficient (Wildman–Crippen LogP) is 1.88. The van der Waals surface area contributed by atoms with Crippen molar-refractivity contribution in [3.8, 4) is 0 Å². The fourth-order valence-corrected chi connectivity index (χ4v) is 2.46. The van der Waals surface area contributed by atoms with E-state index in [2.05, 4.69) is 25.5 Å². The molecule has 2 aromatic heterocycles. The number of anilines is 1. The van der Waals surface area contributed by atoms with Gasteiger partial charge < -0.3 is 5.32 Å². The number of rotatable bonds is 7. The van der Waals surface area contributed by atoms with Crippen LogP contribution in [0.25, 0.3) is 0 Å². The number of hydrogen-bond donors (Lipinski definition) is 2. The molecular formula is C12H17FN6OS. The third kappa shape index (κ3) is 3.81. The number of nitrogens with zero attached hydrogens (tertiary/aromatic N) is 4. The zero-order chi connectivity index (χ0) is 15.2. The van der Waals surface area contributed by atoms with Crippen LogP contribution in [0, 0.1) is 5.82 Å². The van der Waals surface area contributed by atoms with Gasteiger partial charge in [0.1, 0.15) is 5.03 Å². The Morgan fingerprint density at radius 1 is 1.43 bits per heavy atom. The van der Waals surface area contributed by atoms with Crippen LogP contribution in [0.1, 0.15) is 26.7 Å². The van der Waals surface area contributed by atoms with Gasteiger partial charge in [0, 0.05) is 13.1 Å². The number of H-pyrrole nitrogens is 1. The summed E-state index contributed by atoms with van der Waals surface area (Å²) in [5, 5.41) is 9.79. The van der Waals surface area contributed by atoms with Crippen molar-refractivity contribution >= 4 is 17.7 Å². The SMILES string of the molecule is CCCNc1ncc(F)c(Sc2n[nH]c(=O)n2CCC)n1. The summed E-state index contributed by atoms with van der Waals surface area (Å²) < 4.78 is 15.3. The Bertz CT molecular complexity index is 655. The van der Waals surface area contributed by atoms with Gasteiger partial charge in [-0.3, -0.25) is 4.57 Å². The van der Waals surface area contributed by atoms with Crippen molar-refractivity contribution in [3.05, 3.63) is 22.5 Å². The second kappa shape index (κ2) is 7.21. The first-order chi connectivity index (χ1) is 10.2. The second-order valence-corrected chi connectivity index (χ2v) is 5.29. The Morgan fingerprint density at radius 3 is 2.95 bits per heavy atom. The quantitative estimate of drug-likeness (QED) is 0.759. The van der Waals surface area contributed by atoms with Crippen LogP contribution in [0.5, 0.6) is 0 Å². The maximum absolute atomic E-state index is 13.8. The highest BCUT2D eigenvalue weighted by molar-refractivity contribution is 7.99. The van der Waals surface area contributed by atoms with Gasteiger partial charge in [-0.1, -0.05) is 13.8 Å². The molecule has 0 fully saturated rings. The third-order valence-corrected chi connectivity index (χ3v) is 3.58. The zero-order valence-electron chi connectivity index (χ0n) is 11.9. The van der Waals surface area contributed by atoms with E-state index in [0.717, 1.165) is 30.8 Å². The molecule has 0 spiro atoms. The fourth-order valence-electron chi connectivity index (χ4n) is 1.63. The van der Waals surface area contributed by atoms with E-state index >= 15 is 0 Å². The zero-order valence-corrected chi connectivity index (χ0v) is 12.7. The van der Waals surface area contributed by atoms with Gasteiger partial charge in [0.15, 0.2) is 11.0 Å². The first-order valence-electron chi connectivity index (χ1n) is 6.75. The third-order valence-electron chi connectivity index (χ3n) is 2.60. The summed E-state index contributed by atoms with van der Waals surface area (Å²) in [6.07, 6.45) is 2.81. The van der Waals surface area contributed by atoms with E-state index in [4.69, 9.17) is 0 Å². The molecule has 0 radical (unpaired) electrons. The van der Waals surface area contributed by atoms with Crippen molar-refractivity contribution in [2.24, 2.45) is 0 Å². The summed E-state index contributed by atoms with van der Waals surface area (Å²) in [5.41, 5.74) is -0.307. The van der Waals surface area contributed by atoms with Gasteiger partial charge in [-0.2, -0.15) is 0 Å². The van der Waals surface area contributed by atoms with Crippen molar-refractivity contribution in [2.45, 2.75) is 43.4 Å². The minimum Gasteiger partial charge on any atom is -0.354 e. The first-order valence-corrected chi connectivity index (χ1v) is 7.56. The topological polar surface area (TPSA) is 88.5 Å². The molecule has 114 valence electrons. The Morgan fingerprint density at radius 2 is 2.24 bits per heavy atom. The Hall–Kier alpha value is -1.90. The molecule has 0 unspecified atom stereocenters. The minimum atomic E-state index is -0.541. The highest BCUT2D eigenvalue weighted by Gasteiger charge is 2.14. The van der Waals surface area contributed by atoms with Crippen molar-refractivity contribution in [1.29, 1.82) is 0 Å². The standard InChI is InChI=1S/C12H17FN6OS/c1-3-5-14-10-15-7-8(13)9(16-10)21-12-18-17-11(20)19(12)6-4-2/h7H,3-6H2,1-2H3,(H,17,20)(H,14,15,16). The lowest BCUT2D eigenvalue weighted by Gasteiger charge is -2.06. The predicted molar refractivity (Wildman–Crippen MR) is 78.0 cm³/mol. The summed E-state index contributed by atoms with van der Waals surface area (Å²) in [7, 11) is 0. The van der Waals surface area contributed by atoms with Crippen LogP contribution in [0.2, 0.25) is 0 Å². The molecule has 2 N–H and O–H groups in total. The van der Waals surface area contributed by atoms with E-state index in [1.807, 2.05) is 13.8 Å². The van der Waals surface area contributed by atoms with Crippen LogP contribution in [-0.2, 0) is 6.54 Å². The number of nitrogens with one attached hydrogen (secondary N) is 2. The number of aromatic nitrogens is 5. The van der Waals surface area contributed by atoms with E-state index in [1.165, 1.54) is 4.57 Å². The summed E-state index contributed by atoms with van der Waals surface area (Å²) in [5.74, 6) is -0.179. The number of hydrogen-bond acceptors (Lipinski definition) is 6. The summed E-state index contributed by atoms with van der Waals surface area (Å²) >= 11 is 1.00. The van der Waals surface area contributed by atoms with Crippen LogP contribution >= 0.6 is 11.8 Å². The van der Waals surface area contributed by atoms with E-state index in [-0.39, 0.29) is 10.7 Å². The lowest BCUT2D eigenvalue weighted by Crippen LogP contribution is -2.17. The molecule has 2 aromatic rings. The van der Waals surface area contributed by atoms with Gasteiger partial charge in [-0.25, -0.2) is 24.3 Å². The molecule has 0 saturated carbocycles. The van der Waals surface area contributed by atoms with Crippen LogP contribution in [-0.4, -0.2) is 31.3 Å². The molecular weight excluding hydrogens is 295 g/mol. The maximum atomic E-state index is 13.8. The van der Waals surface area contributed by atoms with Gasteiger partial charge in [0.25, 0.3) is 0 Å². The monoisotopic (exact) mass is 312 g/mol. The first kappa shape index (κ1) is 15.5. The van der Waals surface area contributed by atoms with Gasteiger partial charge >= 0.3 is 5.69 Å². The fraction of sp³-hybridized carbons (Fsp3) is 0.500. The van der Waals surface area contributed by atoms with Crippen molar-refractivity contribution in [3.63, 3.8) is 0 Å². The number of aromatic amines is 1. The van der Waals surface area contributed by atoms with Crippen molar-refractivity contribution < 1.29 is 4.39 Å². The van der Waals surface area contributed by atoms with Gasteiger partial charge in [0.05, 0.1) is 6.20 Å². The van der Waals surface area contributed by atoms with Gasteiger partial charge in [-0.05, 0) is 24.6 Å². The smallest absolute Gasteiger partial charge is 0.343 e. The molecule has 2 heterocycles. The molecule has 0 bridgehead atoms. The lowest BCUT2D eigenvalue weighted by atomic mass is 10.5. The van der Waals surface area contributed by atoms with Crippen LogP contribution in [0.15, 0.2) is 21.2 Å². The highest BCUT2D eigenvalue weighted by atomic mass is 32.2. The Balaban J connectivity index is 2.24. The summed E-state index contributed by atoms with van der Waals surface area (Å²) in [4.78, 5) is 19.6. The molecule has 0 atom stereocenters. The Labute approximate surface area is 125 Å². The average Bonchev–Trinajstić information content (AvgIpc) is 2.81. The summed E-state index contributed by atoms with van der Waals surface area (Å²) in [6, 6.07) is 0. The van der Waals surface area contributed by atoms with Crippen molar-refractivity contribution in [2.75, 3.05) is 11.9 Å². The highest BCUT2D eigenvalue weighted by Crippen LogP contribution is 2.26. The molecule has 0 aromatic carbocycles. The molecule has 0 aliphatic heterocycles. The molecule has 0 aliphatic rings. The van der Waals surface area contributed by atoms with Crippen LogP contribution in [0.4, 0.5) is 10.3 Å². The van der Waals surface area contributed by atoms with Gasteiger partial charge in [-0.15, -0.1) is 5.10 Å². The molecule has 2 rings (SSSR count). The van der Waals surface area contributed by atoms with E-state index in [1.54, 1.807) is 0 Å². The van der Waals surface area contributed by atoms with E-state index < -0.39 is 5.82 Å². The molecule has 0 saturated heterocycles. The molecule has 0 amide bonds. The Kier molecular flexibility index (Phi) is 5.32. The number of halogens is 1. The normalized spacial score (nSPS) is 10.8.